The van der Waals surface area contributed by atoms with Gasteiger partial charge in [-0.25, -0.2) is 0 Å². The summed E-state index contributed by atoms with van der Waals surface area (Å²) >= 11 is 6.49. The Morgan fingerprint density at radius 3 is 2.38 bits per heavy atom. The second kappa shape index (κ2) is 9.26. The normalized spacial score (nSPS) is 13.6. The van der Waals surface area contributed by atoms with Crippen LogP contribution in [0.3, 0.4) is 0 Å². The van der Waals surface area contributed by atoms with Gasteiger partial charge in [0.2, 0.25) is 0 Å². The second-order valence-corrected chi connectivity index (χ2v) is 5.48. The maximum atomic E-state index is 4.39. The molecule has 13 heavy (non-hydrogen) atoms. The van der Waals surface area contributed by atoms with Crippen LogP contribution in [0.15, 0.2) is 0 Å². The molecule has 1 atom stereocenters. The Hall–Kier alpha value is 0.700. The molecule has 1 unspecified atom stereocenters. The van der Waals surface area contributed by atoms with Gasteiger partial charge in [-0.15, -0.1) is 0 Å². The van der Waals surface area contributed by atoms with Gasteiger partial charge in [-0.05, 0) is 35.5 Å². The Kier molecular flexibility index (Phi) is 9.76. The Balaban J connectivity index is 3.28. The van der Waals surface area contributed by atoms with E-state index in [1.54, 1.807) is 0 Å². The summed E-state index contributed by atoms with van der Waals surface area (Å²) in [4.78, 5) is 0. The summed E-state index contributed by atoms with van der Waals surface area (Å²) < 4.78 is 0. The number of thioether (sulfide) groups is 1. The van der Waals surface area contributed by atoms with E-state index < -0.39 is 0 Å². The van der Waals surface area contributed by atoms with Crippen molar-refractivity contribution >= 4 is 24.4 Å². The fourth-order valence-corrected chi connectivity index (χ4v) is 3.25. The van der Waals surface area contributed by atoms with Crippen molar-refractivity contribution in [1.82, 2.24) is 0 Å². The van der Waals surface area contributed by atoms with Gasteiger partial charge in [0.05, 0.1) is 0 Å². The summed E-state index contributed by atoms with van der Waals surface area (Å²) in [6.45, 7) is 6.86. The van der Waals surface area contributed by atoms with Gasteiger partial charge in [-0.2, -0.15) is 24.4 Å². The van der Waals surface area contributed by atoms with E-state index >= 15 is 0 Å². The van der Waals surface area contributed by atoms with E-state index in [0.29, 0.717) is 0 Å². The van der Waals surface area contributed by atoms with Crippen LogP contribution >= 0.6 is 24.4 Å². The minimum absolute atomic E-state index is 0.788. The molecule has 0 amide bonds. The lowest BCUT2D eigenvalue weighted by molar-refractivity contribution is 0.473. The molecule has 0 heterocycles. The molecule has 0 saturated carbocycles. The van der Waals surface area contributed by atoms with Crippen LogP contribution in [-0.2, 0) is 0 Å². The van der Waals surface area contributed by atoms with E-state index in [4.69, 9.17) is 0 Å². The molecule has 0 aromatic heterocycles. The van der Waals surface area contributed by atoms with Gasteiger partial charge in [-0.1, -0.05) is 33.6 Å². The first kappa shape index (κ1) is 13.7. The highest BCUT2D eigenvalue weighted by molar-refractivity contribution is 7.99. The SMILES string of the molecule is CCCCCSCC(CS)C(C)C. The molecule has 0 spiro atoms. The van der Waals surface area contributed by atoms with E-state index in [0.717, 1.165) is 17.6 Å². The molecule has 80 valence electrons. The third-order valence-corrected chi connectivity index (χ3v) is 4.11. The summed E-state index contributed by atoms with van der Waals surface area (Å²) in [5.41, 5.74) is 0. The molecule has 0 nitrogen and oxygen atoms in total. The highest BCUT2D eigenvalue weighted by atomic mass is 32.2. The van der Waals surface area contributed by atoms with Crippen LogP contribution in [0.2, 0.25) is 0 Å². The van der Waals surface area contributed by atoms with E-state index in [1.165, 1.54) is 30.8 Å². The van der Waals surface area contributed by atoms with Gasteiger partial charge < -0.3 is 0 Å². The molecule has 0 bridgehead atoms. The average Bonchev–Trinajstić information content (AvgIpc) is 2.10. The topological polar surface area (TPSA) is 0 Å². The number of rotatable bonds is 8. The summed E-state index contributed by atoms with van der Waals surface area (Å²) in [6.07, 6.45) is 4.11. The standard InChI is InChI=1S/C11H24S2/c1-4-5-6-7-13-9-11(8-12)10(2)3/h10-12H,4-9H2,1-3H3. The Morgan fingerprint density at radius 1 is 1.23 bits per heavy atom. The quantitative estimate of drug-likeness (QED) is 0.474. The molecule has 0 aromatic rings. The Morgan fingerprint density at radius 2 is 1.92 bits per heavy atom. The van der Waals surface area contributed by atoms with Gasteiger partial charge in [-0.3, -0.25) is 0 Å². The van der Waals surface area contributed by atoms with Crippen molar-refractivity contribution in [3.63, 3.8) is 0 Å². The molecule has 0 saturated heterocycles. The number of hydrogen-bond donors (Lipinski definition) is 1. The van der Waals surface area contributed by atoms with Crippen LogP contribution in [0.1, 0.15) is 40.0 Å². The minimum Gasteiger partial charge on any atom is -0.179 e. The van der Waals surface area contributed by atoms with Gasteiger partial charge in [0.1, 0.15) is 0 Å². The molecule has 0 fully saturated rings. The smallest absolute Gasteiger partial charge is 0.00289 e. The first-order valence-corrected chi connectivity index (χ1v) is 7.19. The van der Waals surface area contributed by atoms with E-state index in [9.17, 15) is 0 Å². The molecule has 2 heteroatoms. The molecular weight excluding hydrogens is 196 g/mol. The third kappa shape index (κ3) is 7.75. The van der Waals surface area contributed by atoms with Gasteiger partial charge in [0.15, 0.2) is 0 Å². The largest absolute Gasteiger partial charge is 0.179 e. The third-order valence-electron chi connectivity index (χ3n) is 2.40. The van der Waals surface area contributed by atoms with Crippen molar-refractivity contribution in [2.24, 2.45) is 11.8 Å². The Labute approximate surface area is 93.7 Å². The van der Waals surface area contributed by atoms with Crippen molar-refractivity contribution in [1.29, 1.82) is 0 Å². The van der Waals surface area contributed by atoms with Gasteiger partial charge in [0, 0.05) is 0 Å². The maximum Gasteiger partial charge on any atom is -0.00289 e. The zero-order valence-electron chi connectivity index (χ0n) is 9.25. The maximum absolute atomic E-state index is 4.39. The number of hydrogen-bond acceptors (Lipinski definition) is 2. The van der Waals surface area contributed by atoms with E-state index in [2.05, 4.69) is 45.2 Å². The molecule has 0 aliphatic carbocycles. The van der Waals surface area contributed by atoms with Crippen molar-refractivity contribution in [3.05, 3.63) is 0 Å². The summed E-state index contributed by atoms with van der Waals surface area (Å²) in [6, 6.07) is 0. The van der Waals surface area contributed by atoms with Gasteiger partial charge in [0.25, 0.3) is 0 Å². The van der Waals surface area contributed by atoms with Crippen LogP contribution in [0.25, 0.3) is 0 Å². The second-order valence-electron chi connectivity index (χ2n) is 3.97. The van der Waals surface area contributed by atoms with Crippen LogP contribution in [0, 0.1) is 11.8 Å². The lowest BCUT2D eigenvalue weighted by Gasteiger charge is -2.17. The van der Waals surface area contributed by atoms with Crippen molar-refractivity contribution in [2.45, 2.75) is 40.0 Å². The zero-order valence-corrected chi connectivity index (χ0v) is 11.0. The Bertz CT molecular complexity index is 102. The predicted molar refractivity (Wildman–Crippen MR) is 69.0 cm³/mol. The van der Waals surface area contributed by atoms with Crippen molar-refractivity contribution in [2.75, 3.05) is 17.3 Å². The summed E-state index contributed by atoms with van der Waals surface area (Å²) in [5, 5.41) is 0. The van der Waals surface area contributed by atoms with Gasteiger partial charge >= 0.3 is 0 Å². The molecular formula is C11H24S2. The molecule has 0 rings (SSSR count). The molecule has 0 radical (unpaired) electrons. The van der Waals surface area contributed by atoms with Crippen LogP contribution in [-0.4, -0.2) is 17.3 Å². The van der Waals surface area contributed by atoms with Crippen LogP contribution in [0.4, 0.5) is 0 Å². The van der Waals surface area contributed by atoms with E-state index in [1.807, 2.05) is 0 Å². The summed E-state index contributed by atoms with van der Waals surface area (Å²) in [7, 11) is 0. The highest BCUT2D eigenvalue weighted by Crippen LogP contribution is 2.19. The fourth-order valence-electron chi connectivity index (χ4n) is 1.14. The minimum atomic E-state index is 0.788. The fraction of sp³-hybridized carbons (Fsp3) is 1.00. The summed E-state index contributed by atoms with van der Waals surface area (Å²) in [5.74, 6) is 5.26. The molecule has 0 aliphatic rings. The predicted octanol–water partition coefficient (Wildman–Crippen LogP) is 4.11. The molecule has 0 N–H and O–H groups in total. The van der Waals surface area contributed by atoms with Crippen LogP contribution in [0.5, 0.6) is 0 Å². The monoisotopic (exact) mass is 220 g/mol. The number of unbranched alkanes of at least 4 members (excludes halogenated alkanes) is 2. The highest BCUT2D eigenvalue weighted by Gasteiger charge is 2.10. The van der Waals surface area contributed by atoms with Crippen molar-refractivity contribution in [3.8, 4) is 0 Å². The first-order valence-electron chi connectivity index (χ1n) is 5.41. The lowest BCUT2D eigenvalue weighted by Crippen LogP contribution is -2.13. The number of thiol groups is 1. The molecule has 0 aromatic carbocycles. The zero-order chi connectivity index (χ0) is 10.1. The van der Waals surface area contributed by atoms with E-state index in [-0.39, 0.29) is 0 Å². The average molecular weight is 220 g/mol. The first-order chi connectivity index (χ1) is 6.22. The van der Waals surface area contributed by atoms with Crippen LogP contribution < -0.4 is 0 Å². The van der Waals surface area contributed by atoms with Crippen molar-refractivity contribution < 1.29 is 0 Å². The lowest BCUT2D eigenvalue weighted by atomic mass is 10.0. The molecule has 0 aliphatic heterocycles.